The molecule has 12 heavy (non-hydrogen) atoms. The molecule has 5 heteroatoms. The molecule has 0 aromatic carbocycles. The summed E-state index contributed by atoms with van der Waals surface area (Å²) in [6.45, 7) is 5.96. The summed E-state index contributed by atoms with van der Waals surface area (Å²) in [7, 11) is -3.04. The Morgan fingerprint density at radius 2 is 2.25 bits per heavy atom. The monoisotopic (exact) mass is 212 g/mol. The first-order valence-electron chi connectivity index (χ1n) is 3.73. The summed E-state index contributed by atoms with van der Waals surface area (Å²) in [5.41, 5.74) is -0.110. The van der Waals surface area contributed by atoms with Crippen LogP contribution in [-0.2, 0) is 13.6 Å². The number of halogens is 1. The Morgan fingerprint density at radius 1 is 1.58 bits per heavy atom. The van der Waals surface area contributed by atoms with Crippen LogP contribution in [0.25, 0.3) is 0 Å². The molecule has 0 fully saturated rings. The lowest BCUT2D eigenvalue weighted by molar-refractivity contribution is 0.223. The van der Waals surface area contributed by atoms with E-state index in [1.807, 2.05) is 6.92 Å². The quantitative estimate of drug-likeness (QED) is 0.370. The van der Waals surface area contributed by atoms with E-state index in [1.54, 1.807) is 0 Å². The lowest BCUT2D eigenvalue weighted by Crippen LogP contribution is -1.98. The van der Waals surface area contributed by atoms with Gasteiger partial charge in [0.1, 0.15) is 5.62 Å². The predicted octanol–water partition coefficient (Wildman–Crippen LogP) is 3.01. The molecule has 0 aliphatic carbocycles. The van der Waals surface area contributed by atoms with Crippen LogP contribution in [0.5, 0.6) is 0 Å². The summed E-state index contributed by atoms with van der Waals surface area (Å²) in [5, 5.41) is 0. The van der Waals surface area contributed by atoms with Crippen molar-refractivity contribution in [1.29, 1.82) is 0 Å². The van der Waals surface area contributed by atoms with Gasteiger partial charge in [0.05, 0.1) is 13.2 Å². The normalized spacial score (nSPS) is 15.5. The average molecular weight is 213 g/mol. The van der Waals surface area contributed by atoms with Crippen LogP contribution in [0.3, 0.4) is 0 Å². The van der Waals surface area contributed by atoms with Crippen LogP contribution in [0.1, 0.15) is 13.3 Å². The van der Waals surface area contributed by atoms with Crippen LogP contribution in [0.15, 0.2) is 12.7 Å². The Morgan fingerprint density at radius 3 is 2.67 bits per heavy atom. The van der Waals surface area contributed by atoms with Crippen molar-refractivity contribution in [3.63, 3.8) is 0 Å². The summed E-state index contributed by atoms with van der Waals surface area (Å²) < 4.78 is 21.4. The molecule has 0 aliphatic rings. The topological polar surface area (TPSA) is 35.5 Å². The van der Waals surface area contributed by atoms with Crippen LogP contribution in [0.4, 0.5) is 0 Å². The second kappa shape index (κ2) is 6.67. The molecule has 0 radical (unpaired) electrons. The zero-order chi connectivity index (χ0) is 9.45. The third-order valence-corrected chi connectivity index (χ3v) is 3.32. The highest BCUT2D eigenvalue weighted by molar-refractivity contribution is 7.55. The van der Waals surface area contributed by atoms with Crippen LogP contribution in [-0.4, -0.2) is 18.8 Å². The van der Waals surface area contributed by atoms with Gasteiger partial charge >= 0.3 is 7.60 Å². The van der Waals surface area contributed by atoms with Crippen LogP contribution in [0, 0.1) is 0 Å². The van der Waals surface area contributed by atoms with Crippen LogP contribution in [0.2, 0.25) is 0 Å². The predicted molar refractivity (Wildman–Crippen MR) is 50.7 cm³/mol. The average Bonchev–Trinajstić information content (AvgIpc) is 2.11. The van der Waals surface area contributed by atoms with Gasteiger partial charge < -0.3 is 9.05 Å². The van der Waals surface area contributed by atoms with E-state index in [9.17, 15) is 4.57 Å². The van der Waals surface area contributed by atoms with E-state index in [-0.39, 0.29) is 12.2 Å². The molecule has 72 valence electrons. The second-order valence-corrected chi connectivity index (χ2v) is 4.84. The first-order chi connectivity index (χ1) is 5.68. The second-order valence-electron chi connectivity index (χ2n) is 2.15. The Labute approximate surface area is 78.2 Å². The summed E-state index contributed by atoms with van der Waals surface area (Å²) in [6, 6.07) is 0. The van der Waals surface area contributed by atoms with Gasteiger partial charge in [0, 0.05) is 0 Å². The molecule has 0 N–H and O–H groups in total. The largest absolute Gasteiger partial charge is 0.345 e. The Balaban J connectivity index is 3.87. The lowest BCUT2D eigenvalue weighted by atomic mass is 10.5. The van der Waals surface area contributed by atoms with Gasteiger partial charge in [-0.25, -0.2) is 0 Å². The van der Waals surface area contributed by atoms with E-state index in [4.69, 9.17) is 20.6 Å². The van der Waals surface area contributed by atoms with E-state index in [1.165, 1.54) is 6.08 Å². The zero-order valence-corrected chi connectivity index (χ0v) is 8.81. The maximum atomic E-state index is 11.5. The minimum Gasteiger partial charge on any atom is -0.308 e. The molecule has 0 spiro atoms. The van der Waals surface area contributed by atoms with Gasteiger partial charge in [-0.2, -0.15) is 0 Å². The van der Waals surface area contributed by atoms with Crippen molar-refractivity contribution < 1.29 is 13.6 Å². The first-order valence-corrected chi connectivity index (χ1v) is 5.99. The molecule has 0 saturated carbocycles. The van der Waals surface area contributed by atoms with E-state index in [0.29, 0.717) is 6.61 Å². The highest BCUT2D eigenvalue weighted by atomic mass is 35.5. The molecule has 0 amide bonds. The highest BCUT2D eigenvalue weighted by Gasteiger charge is 2.21. The van der Waals surface area contributed by atoms with Crippen molar-refractivity contribution in [2.24, 2.45) is 0 Å². The van der Waals surface area contributed by atoms with E-state index >= 15 is 0 Å². The molecule has 0 heterocycles. The smallest absolute Gasteiger partial charge is 0.308 e. The van der Waals surface area contributed by atoms with Crippen molar-refractivity contribution in [3.8, 4) is 0 Å². The van der Waals surface area contributed by atoms with Gasteiger partial charge in [-0.1, -0.05) is 13.0 Å². The van der Waals surface area contributed by atoms with Gasteiger partial charge in [-0.05, 0) is 6.42 Å². The van der Waals surface area contributed by atoms with Crippen molar-refractivity contribution in [1.82, 2.24) is 0 Å². The summed E-state index contributed by atoms with van der Waals surface area (Å²) in [6.07, 6.45) is 2.30. The van der Waals surface area contributed by atoms with Gasteiger partial charge in [-0.15, -0.1) is 18.2 Å². The third-order valence-electron chi connectivity index (χ3n) is 1.03. The fourth-order valence-corrected chi connectivity index (χ4v) is 1.92. The molecule has 3 nitrogen and oxygen atoms in total. The van der Waals surface area contributed by atoms with Gasteiger partial charge in [0.15, 0.2) is 0 Å². The van der Waals surface area contributed by atoms with E-state index < -0.39 is 7.60 Å². The van der Waals surface area contributed by atoms with Crippen LogP contribution >= 0.6 is 19.2 Å². The Kier molecular flexibility index (Phi) is 6.77. The molecule has 0 aromatic heterocycles. The summed E-state index contributed by atoms with van der Waals surface area (Å²) >= 11 is 5.43. The number of rotatable bonds is 7. The van der Waals surface area contributed by atoms with E-state index in [2.05, 4.69) is 6.58 Å². The van der Waals surface area contributed by atoms with Gasteiger partial charge in [0.25, 0.3) is 0 Å². The molecule has 0 bridgehead atoms. The highest BCUT2D eigenvalue weighted by Crippen LogP contribution is 2.48. The minimum atomic E-state index is -3.04. The molecule has 1 atom stereocenters. The molecular formula is C7H14ClO3P. The standard InChI is InChI=1S/C7H14ClO3P/c1-3-5-10-12(9,7-8)11-6-4-2/h3H,1,4-7H2,2H3. The fourth-order valence-electron chi connectivity index (χ4n) is 0.503. The molecule has 0 aliphatic heterocycles. The van der Waals surface area contributed by atoms with E-state index in [0.717, 1.165) is 6.42 Å². The van der Waals surface area contributed by atoms with Crippen molar-refractivity contribution in [2.75, 3.05) is 18.8 Å². The Bertz CT molecular complexity index is 172. The molecular weight excluding hydrogens is 199 g/mol. The Hall–Kier alpha value is 0.180. The van der Waals surface area contributed by atoms with Crippen molar-refractivity contribution in [2.45, 2.75) is 13.3 Å². The van der Waals surface area contributed by atoms with Crippen LogP contribution < -0.4 is 0 Å². The maximum absolute atomic E-state index is 11.5. The minimum absolute atomic E-state index is 0.110. The first kappa shape index (κ1) is 12.2. The third kappa shape index (κ3) is 4.94. The molecule has 0 aromatic rings. The van der Waals surface area contributed by atoms with Crippen molar-refractivity contribution in [3.05, 3.63) is 12.7 Å². The SMILES string of the molecule is C=CCOP(=O)(CCl)OCCC. The number of hydrogen-bond acceptors (Lipinski definition) is 3. The maximum Gasteiger partial charge on any atom is 0.345 e. The molecule has 0 rings (SSSR count). The summed E-state index contributed by atoms with van der Waals surface area (Å²) in [4.78, 5) is 0. The fraction of sp³-hybridized carbons (Fsp3) is 0.714. The zero-order valence-electron chi connectivity index (χ0n) is 7.16. The lowest BCUT2D eigenvalue weighted by Gasteiger charge is -2.14. The molecule has 1 unspecified atom stereocenters. The van der Waals surface area contributed by atoms with Gasteiger partial charge in [-0.3, -0.25) is 4.57 Å². The molecule has 0 saturated heterocycles. The van der Waals surface area contributed by atoms with Gasteiger partial charge in [0.2, 0.25) is 0 Å². The number of alkyl halides is 1. The van der Waals surface area contributed by atoms with Crippen molar-refractivity contribution >= 4 is 19.2 Å². The summed E-state index contributed by atoms with van der Waals surface area (Å²) in [5.74, 6) is 0. The number of hydrogen-bond donors (Lipinski definition) is 0.